The van der Waals surface area contributed by atoms with Crippen molar-refractivity contribution in [1.29, 1.82) is 0 Å². The molecule has 0 saturated carbocycles. The van der Waals surface area contributed by atoms with Crippen LogP contribution in [0.3, 0.4) is 0 Å². The third-order valence-corrected chi connectivity index (χ3v) is 4.56. The Hall–Kier alpha value is -1.66. The number of carbonyl (C=O) groups is 1. The zero-order chi connectivity index (χ0) is 13.4. The van der Waals surface area contributed by atoms with Gasteiger partial charge in [0.2, 0.25) is 0 Å². The van der Waals surface area contributed by atoms with Crippen LogP contribution in [0.4, 0.5) is 0 Å². The lowest BCUT2D eigenvalue weighted by molar-refractivity contribution is -0.144. The molecule has 2 aromatic rings. The fourth-order valence-corrected chi connectivity index (χ4v) is 3.46. The molecule has 100 valence electrons. The van der Waals surface area contributed by atoms with Gasteiger partial charge in [-0.15, -0.1) is 11.3 Å². The van der Waals surface area contributed by atoms with Gasteiger partial charge in [0, 0.05) is 30.9 Å². The van der Waals surface area contributed by atoms with E-state index in [0.29, 0.717) is 6.54 Å². The number of aromatic nitrogens is 2. The third-order valence-electron chi connectivity index (χ3n) is 3.57. The van der Waals surface area contributed by atoms with Crippen LogP contribution < -0.4 is 0 Å². The highest BCUT2D eigenvalue weighted by Crippen LogP contribution is 2.34. The van der Waals surface area contributed by atoms with Crippen molar-refractivity contribution in [3.05, 3.63) is 40.1 Å². The molecule has 0 amide bonds. The molecule has 0 aromatic carbocycles. The van der Waals surface area contributed by atoms with Crippen molar-refractivity contribution in [2.24, 2.45) is 7.05 Å². The predicted molar refractivity (Wildman–Crippen MR) is 72.0 cm³/mol. The molecule has 0 aliphatic carbocycles. The van der Waals surface area contributed by atoms with Crippen molar-refractivity contribution in [2.45, 2.75) is 19.0 Å². The number of fused-ring (bicyclic) bond motifs is 1. The van der Waals surface area contributed by atoms with Crippen LogP contribution in [0.25, 0.3) is 0 Å². The van der Waals surface area contributed by atoms with Crippen LogP contribution in [0.2, 0.25) is 0 Å². The molecular weight excluding hydrogens is 262 g/mol. The lowest BCUT2D eigenvalue weighted by Gasteiger charge is -2.32. The highest BCUT2D eigenvalue weighted by Gasteiger charge is 2.34. The van der Waals surface area contributed by atoms with E-state index >= 15 is 0 Å². The van der Waals surface area contributed by atoms with Crippen LogP contribution in [0.1, 0.15) is 22.3 Å². The van der Waals surface area contributed by atoms with E-state index in [-0.39, 0.29) is 0 Å². The zero-order valence-corrected chi connectivity index (χ0v) is 11.4. The Kier molecular flexibility index (Phi) is 3.12. The number of aryl methyl sites for hydroxylation is 1. The minimum absolute atomic E-state index is 0.549. The van der Waals surface area contributed by atoms with Crippen molar-refractivity contribution in [1.82, 2.24) is 14.5 Å². The number of rotatable bonds is 3. The lowest BCUT2D eigenvalue weighted by Crippen LogP contribution is -2.39. The van der Waals surface area contributed by atoms with Crippen LogP contribution in [0.15, 0.2) is 23.8 Å². The summed E-state index contributed by atoms with van der Waals surface area (Å²) < 4.78 is 1.93. The highest BCUT2D eigenvalue weighted by molar-refractivity contribution is 7.10. The molecule has 1 unspecified atom stereocenters. The Labute approximate surface area is 115 Å². The number of carboxylic acids is 1. The average molecular weight is 277 g/mol. The number of carboxylic acid groups (broad SMARTS) is 1. The number of thiophene rings is 1. The molecule has 0 spiro atoms. The number of hydrogen-bond acceptors (Lipinski definition) is 4. The molecule has 1 N–H and O–H groups in total. The maximum atomic E-state index is 11.6. The summed E-state index contributed by atoms with van der Waals surface area (Å²) in [7, 11) is 1.93. The lowest BCUT2D eigenvalue weighted by atomic mass is 10.00. The third kappa shape index (κ3) is 2.17. The molecule has 1 atom stereocenters. The molecule has 1 aliphatic heterocycles. The van der Waals surface area contributed by atoms with Gasteiger partial charge in [-0.3, -0.25) is 9.69 Å². The molecule has 3 rings (SSSR count). The van der Waals surface area contributed by atoms with Crippen molar-refractivity contribution < 1.29 is 9.90 Å². The second-order valence-electron chi connectivity index (χ2n) is 4.71. The summed E-state index contributed by atoms with van der Waals surface area (Å²) in [4.78, 5) is 19.0. The van der Waals surface area contributed by atoms with Gasteiger partial charge in [0.25, 0.3) is 0 Å². The summed E-state index contributed by atoms with van der Waals surface area (Å²) in [6.07, 6.45) is 4.54. The molecule has 0 radical (unpaired) electrons. The molecule has 19 heavy (non-hydrogen) atoms. The fourth-order valence-electron chi connectivity index (χ4n) is 2.56. The Morgan fingerprint density at radius 3 is 3.16 bits per heavy atom. The number of aliphatic carboxylic acids is 1. The normalized spacial score (nSPS) is 19.3. The first-order valence-electron chi connectivity index (χ1n) is 6.16. The SMILES string of the molecule is Cn1ccnc1CN1CCc2sccc2C1C(=O)O. The molecule has 3 heterocycles. The molecular formula is C13H15N3O2S. The Bertz CT molecular complexity index is 605. The standard InChI is InChI=1S/C13H15N3O2S/c1-15-6-4-14-11(15)8-16-5-2-10-9(3-7-19-10)12(16)13(17)18/h3-4,6-7,12H,2,5,8H2,1H3,(H,17,18). The molecule has 1 aliphatic rings. The van der Waals surface area contributed by atoms with Crippen molar-refractivity contribution >= 4 is 17.3 Å². The van der Waals surface area contributed by atoms with Gasteiger partial charge in [-0.1, -0.05) is 0 Å². The maximum Gasteiger partial charge on any atom is 0.325 e. The van der Waals surface area contributed by atoms with Gasteiger partial charge >= 0.3 is 5.97 Å². The van der Waals surface area contributed by atoms with Gasteiger partial charge in [-0.05, 0) is 23.4 Å². The van der Waals surface area contributed by atoms with Crippen molar-refractivity contribution in [3.63, 3.8) is 0 Å². The van der Waals surface area contributed by atoms with E-state index in [1.54, 1.807) is 17.5 Å². The monoisotopic (exact) mass is 277 g/mol. The van der Waals surface area contributed by atoms with E-state index in [0.717, 1.165) is 24.4 Å². The van der Waals surface area contributed by atoms with Crippen molar-refractivity contribution in [2.75, 3.05) is 6.54 Å². The van der Waals surface area contributed by atoms with Crippen LogP contribution >= 0.6 is 11.3 Å². The molecule has 0 saturated heterocycles. The molecule has 5 nitrogen and oxygen atoms in total. The number of imidazole rings is 1. The minimum atomic E-state index is -0.784. The van der Waals surface area contributed by atoms with Gasteiger partial charge in [0.15, 0.2) is 0 Å². The van der Waals surface area contributed by atoms with Gasteiger partial charge in [0.1, 0.15) is 11.9 Å². The van der Waals surface area contributed by atoms with Crippen LogP contribution in [0, 0.1) is 0 Å². The molecule has 6 heteroatoms. The first kappa shape index (κ1) is 12.4. The largest absolute Gasteiger partial charge is 0.480 e. The van der Waals surface area contributed by atoms with Gasteiger partial charge in [-0.2, -0.15) is 0 Å². The minimum Gasteiger partial charge on any atom is -0.480 e. The Balaban J connectivity index is 1.90. The molecule has 0 fully saturated rings. The first-order valence-corrected chi connectivity index (χ1v) is 7.04. The van der Waals surface area contributed by atoms with E-state index in [4.69, 9.17) is 0 Å². The molecule has 2 aromatic heterocycles. The molecule has 0 bridgehead atoms. The number of hydrogen-bond donors (Lipinski definition) is 1. The predicted octanol–water partition coefficient (Wildman–Crippen LogP) is 1.67. The zero-order valence-electron chi connectivity index (χ0n) is 10.6. The van der Waals surface area contributed by atoms with Crippen LogP contribution in [-0.2, 0) is 24.8 Å². The summed E-state index contributed by atoms with van der Waals surface area (Å²) >= 11 is 1.65. The highest BCUT2D eigenvalue weighted by atomic mass is 32.1. The van der Waals surface area contributed by atoms with Crippen LogP contribution in [0.5, 0.6) is 0 Å². The van der Waals surface area contributed by atoms with E-state index in [2.05, 4.69) is 4.98 Å². The summed E-state index contributed by atoms with van der Waals surface area (Å²) in [6.45, 7) is 1.33. The van der Waals surface area contributed by atoms with E-state index in [9.17, 15) is 9.90 Å². The first-order chi connectivity index (χ1) is 9.16. The van der Waals surface area contributed by atoms with E-state index < -0.39 is 12.0 Å². The Morgan fingerprint density at radius 2 is 2.47 bits per heavy atom. The second kappa shape index (κ2) is 4.79. The summed E-state index contributed by atoms with van der Waals surface area (Å²) in [5.41, 5.74) is 0.943. The maximum absolute atomic E-state index is 11.6. The Morgan fingerprint density at radius 1 is 1.63 bits per heavy atom. The fraction of sp³-hybridized carbons (Fsp3) is 0.385. The summed E-state index contributed by atoms with van der Waals surface area (Å²) in [5.74, 6) is 0.110. The quantitative estimate of drug-likeness (QED) is 0.927. The van der Waals surface area contributed by atoms with Gasteiger partial charge in [-0.25, -0.2) is 4.98 Å². The number of nitrogens with zero attached hydrogens (tertiary/aromatic N) is 3. The van der Waals surface area contributed by atoms with Gasteiger partial charge in [0.05, 0.1) is 6.54 Å². The average Bonchev–Trinajstić information content (AvgIpc) is 2.98. The summed E-state index contributed by atoms with van der Waals surface area (Å²) in [6, 6.07) is 1.38. The summed E-state index contributed by atoms with van der Waals surface area (Å²) in [5, 5.41) is 11.5. The van der Waals surface area contributed by atoms with Crippen molar-refractivity contribution in [3.8, 4) is 0 Å². The van der Waals surface area contributed by atoms with E-state index in [1.807, 2.05) is 34.2 Å². The topological polar surface area (TPSA) is 58.4 Å². The second-order valence-corrected chi connectivity index (χ2v) is 5.72. The smallest absolute Gasteiger partial charge is 0.325 e. The van der Waals surface area contributed by atoms with E-state index in [1.165, 1.54) is 4.88 Å². The van der Waals surface area contributed by atoms with Gasteiger partial charge < -0.3 is 9.67 Å². The van der Waals surface area contributed by atoms with Crippen LogP contribution in [-0.4, -0.2) is 32.1 Å².